The molecule has 0 bridgehead atoms. The van der Waals surface area contributed by atoms with Crippen LogP contribution in [0.1, 0.15) is 52.1 Å². The van der Waals surface area contributed by atoms with Crippen LogP contribution in [0.5, 0.6) is 0 Å². The molecule has 0 saturated carbocycles. The van der Waals surface area contributed by atoms with E-state index in [1.54, 1.807) is 0 Å². The molecule has 4 rings (SSSR count). The van der Waals surface area contributed by atoms with Crippen molar-refractivity contribution in [1.82, 2.24) is 19.7 Å². The second-order valence-electron chi connectivity index (χ2n) is 10.1. The number of pyridine rings is 1. The van der Waals surface area contributed by atoms with Crippen LogP contribution in [-0.4, -0.2) is 67.1 Å². The Labute approximate surface area is 246 Å². The summed E-state index contributed by atoms with van der Waals surface area (Å²) in [6.45, 7) is 2.80. The first-order valence-corrected chi connectivity index (χ1v) is 12.5. The molecule has 0 aliphatic rings. The van der Waals surface area contributed by atoms with E-state index in [0.29, 0.717) is 10.6 Å². The predicted molar refractivity (Wildman–Crippen MR) is 146 cm³/mol. The fourth-order valence-corrected chi connectivity index (χ4v) is 3.67. The van der Waals surface area contributed by atoms with Gasteiger partial charge in [0.15, 0.2) is 11.4 Å². The topological polar surface area (TPSA) is 196 Å². The first-order chi connectivity index (χ1) is 20.5. The fourth-order valence-electron chi connectivity index (χ4n) is 3.67. The van der Waals surface area contributed by atoms with Crippen molar-refractivity contribution in [3.63, 3.8) is 0 Å². The number of halogens is 3. The Hall–Kier alpha value is -5.74. The van der Waals surface area contributed by atoms with Crippen molar-refractivity contribution in [1.29, 1.82) is 0 Å². The molecule has 1 aromatic carbocycles. The Morgan fingerprint density at radius 3 is 2.39 bits per heavy atom. The largest absolute Gasteiger partial charge is 0.478 e. The highest BCUT2D eigenvalue weighted by Crippen LogP contribution is 2.27. The maximum atomic E-state index is 13.3. The molecule has 4 N–H and O–H groups in total. The van der Waals surface area contributed by atoms with Crippen molar-refractivity contribution < 1.29 is 46.6 Å². The van der Waals surface area contributed by atoms with Crippen molar-refractivity contribution in [2.24, 2.45) is 5.73 Å². The van der Waals surface area contributed by atoms with Crippen LogP contribution in [0.2, 0.25) is 0 Å². The van der Waals surface area contributed by atoms with Crippen LogP contribution < -0.4 is 16.0 Å². The number of rotatable bonds is 8. The molecule has 3 heterocycles. The number of carboxylic acid groups (broad SMARTS) is 1. The normalized spacial score (nSPS) is 11.6. The van der Waals surface area contributed by atoms with Gasteiger partial charge in [0, 0.05) is 11.8 Å². The highest BCUT2D eigenvalue weighted by molar-refractivity contribution is 6.07. The Kier molecular flexibility index (Phi) is 8.41. The third-order valence-electron chi connectivity index (χ3n) is 5.53. The lowest BCUT2D eigenvalue weighted by molar-refractivity contribution is -0.119. The monoisotopic (exact) mass is 615 g/mol. The van der Waals surface area contributed by atoms with Gasteiger partial charge in [0.25, 0.3) is 11.8 Å². The van der Waals surface area contributed by atoms with E-state index in [4.69, 9.17) is 20.0 Å². The van der Waals surface area contributed by atoms with Crippen LogP contribution >= 0.6 is 0 Å². The van der Waals surface area contributed by atoms with Crippen molar-refractivity contribution in [3.05, 3.63) is 72.0 Å². The van der Waals surface area contributed by atoms with Gasteiger partial charge in [-0.15, -0.1) is 0 Å². The summed E-state index contributed by atoms with van der Waals surface area (Å²) < 4.78 is 51.5. The number of oxazole rings is 1. The van der Waals surface area contributed by atoms with E-state index in [9.17, 15) is 32.3 Å². The molecule has 0 fully saturated rings. The molecule has 230 valence electrons. The molecule has 44 heavy (non-hydrogen) atoms. The van der Waals surface area contributed by atoms with Crippen LogP contribution in [0.15, 0.2) is 59.5 Å². The van der Waals surface area contributed by atoms with Crippen molar-refractivity contribution in [2.45, 2.75) is 32.5 Å². The lowest BCUT2D eigenvalue weighted by Crippen LogP contribution is -2.42. The molecule has 3 aromatic heterocycles. The molecule has 0 unspecified atom stereocenters. The first-order valence-electron chi connectivity index (χ1n) is 12.5. The molecule has 17 heteroatoms. The number of benzene rings is 1. The number of amides is 3. The number of carbonyl (C=O) groups excluding carboxylic acids is 3. The van der Waals surface area contributed by atoms with E-state index in [1.165, 1.54) is 62.0 Å². The Bertz CT molecular complexity index is 1720. The number of carboxylic acids is 1. The molecule has 0 radical (unpaired) electrons. The molecule has 0 atom stereocenters. The quantitative estimate of drug-likeness (QED) is 0.257. The number of ether oxygens (including phenoxy) is 1. The van der Waals surface area contributed by atoms with Gasteiger partial charge in [0.05, 0.1) is 23.1 Å². The zero-order chi connectivity index (χ0) is 32.4. The summed E-state index contributed by atoms with van der Waals surface area (Å²) >= 11 is 0. The van der Waals surface area contributed by atoms with Gasteiger partial charge < -0.3 is 25.3 Å². The molecule has 4 aromatic rings. The zero-order valence-corrected chi connectivity index (χ0v) is 23.2. The molecule has 0 aliphatic carbocycles. The number of nitrogens with two attached hydrogens (primary N) is 1. The van der Waals surface area contributed by atoms with Gasteiger partial charge in [-0.1, -0.05) is 0 Å². The maximum absolute atomic E-state index is 13.3. The highest BCUT2D eigenvalue weighted by Gasteiger charge is 2.36. The smallest absolute Gasteiger partial charge is 0.416 e. The number of nitrogens with zero attached hydrogens (tertiary/aromatic N) is 5. The summed E-state index contributed by atoms with van der Waals surface area (Å²) in [6, 6.07) is 7.94. The third-order valence-corrected chi connectivity index (χ3v) is 5.53. The van der Waals surface area contributed by atoms with E-state index in [-0.39, 0.29) is 34.1 Å². The minimum atomic E-state index is -4.78. The number of primary amides is 1. The van der Waals surface area contributed by atoms with Crippen molar-refractivity contribution in [2.75, 3.05) is 16.8 Å². The molecular weight excluding hydrogens is 591 g/mol. The number of hydrogen-bond donors (Lipinski definition) is 3. The number of nitrogens with one attached hydrogen (secondary N) is 1. The Morgan fingerprint density at radius 2 is 1.80 bits per heavy atom. The third kappa shape index (κ3) is 7.55. The summed E-state index contributed by atoms with van der Waals surface area (Å²) in [5, 5.41) is 15.6. The summed E-state index contributed by atoms with van der Waals surface area (Å²) in [4.78, 5) is 56.8. The SMILES string of the molecule is CC(C)(C)OC(=O)N(CC(F)(F)F)c1cc(-c2nc(C(=O)Nc3cn(-c4ccc(C(=O)O)cc4)nc3C(N)=O)co2)ccn1. The van der Waals surface area contributed by atoms with E-state index in [2.05, 4.69) is 20.4 Å². The van der Waals surface area contributed by atoms with Gasteiger partial charge in [-0.2, -0.15) is 18.3 Å². The summed E-state index contributed by atoms with van der Waals surface area (Å²) in [6.07, 6.45) is -2.70. The van der Waals surface area contributed by atoms with Crippen LogP contribution in [0.25, 0.3) is 17.1 Å². The van der Waals surface area contributed by atoms with Gasteiger partial charge in [-0.3, -0.25) is 14.5 Å². The van der Waals surface area contributed by atoms with E-state index >= 15 is 0 Å². The number of aromatic carboxylic acids is 1. The molecule has 3 amide bonds. The average Bonchev–Trinajstić information content (AvgIpc) is 3.59. The number of anilines is 2. The van der Waals surface area contributed by atoms with E-state index < -0.39 is 48.0 Å². The molecule has 0 spiro atoms. The van der Waals surface area contributed by atoms with Gasteiger partial charge in [0.1, 0.15) is 24.2 Å². The van der Waals surface area contributed by atoms with Crippen LogP contribution in [-0.2, 0) is 4.74 Å². The van der Waals surface area contributed by atoms with Crippen LogP contribution in [0.4, 0.5) is 29.5 Å². The second-order valence-corrected chi connectivity index (χ2v) is 10.1. The molecular formula is C27H24F3N7O7. The minimum absolute atomic E-state index is 0.0191. The Balaban J connectivity index is 1.58. The first kappa shape index (κ1) is 31.2. The standard InChI is InChI=1S/C27H24F3N7O7/c1-26(2,3)44-25(42)36(13-27(28,29)30)19-10-15(8-9-32-19)23-34-18(12-43-23)22(39)33-17-11-37(35-20(17)21(31)38)16-6-4-14(5-7-16)24(40)41/h4-12H,13H2,1-3H3,(H2,31,38)(H,33,39)(H,40,41). The number of aromatic nitrogens is 4. The highest BCUT2D eigenvalue weighted by atomic mass is 19.4. The molecule has 0 saturated heterocycles. The number of carbonyl (C=O) groups is 4. The minimum Gasteiger partial charge on any atom is -0.478 e. The second kappa shape index (κ2) is 11.9. The Morgan fingerprint density at radius 1 is 1.11 bits per heavy atom. The predicted octanol–water partition coefficient (Wildman–Crippen LogP) is 4.28. The lowest BCUT2D eigenvalue weighted by Gasteiger charge is -2.27. The number of alkyl halides is 3. The maximum Gasteiger partial charge on any atom is 0.416 e. The number of hydrogen-bond acceptors (Lipinski definition) is 9. The van der Waals surface area contributed by atoms with Crippen molar-refractivity contribution >= 4 is 35.4 Å². The lowest BCUT2D eigenvalue weighted by atomic mass is 10.2. The van der Waals surface area contributed by atoms with Gasteiger partial charge in [-0.25, -0.2) is 24.2 Å². The summed E-state index contributed by atoms with van der Waals surface area (Å²) in [5.74, 6) is -3.57. The van der Waals surface area contributed by atoms with E-state index in [0.717, 1.165) is 18.5 Å². The fraction of sp³-hybridized carbons (Fsp3) is 0.222. The van der Waals surface area contributed by atoms with Crippen LogP contribution in [0, 0.1) is 0 Å². The van der Waals surface area contributed by atoms with Crippen molar-refractivity contribution in [3.8, 4) is 17.1 Å². The average molecular weight is 616 g/mol. The summed E-state index contributed by atoms with van der Waals surface area (Å²) in [7, 11) is 0. The molecule has 14 nitrogen and oxygen atoms in total. The zero-order valence-electron chi connectivity index (χ0n) is 23.2. The van der Waals surface area contributed by atoms with Gasteiger partial charge in [-0.05, 0) is 57.2 Å². The van der Waals surface area contributed by atoms with Gasteiger partial charge >= 0.3 is 18.2 Å². The molecule has 0 aliphatic heterocycles. The van der Waals surface area contributed by atoms with E-state index in [1.807, 2.05) is 0 Å². The van der Waals surface area contributed by atoms with Crippen LogP contribution in [0.3, 0.4) is 0 Å². The summed E-state index contributed by atoms with van der Waals surface area (Å²) in [5.41, 5.74) is 4.09. The van der Waals surface area contributed by atoms with Gasteiger partial charge in [0.2, 0.25) is 5.89 Å².